The summed E-state index contributed by atoms with van der Waals surface area (Å²) >= 11 is 0. The molecule has 2 aromatic carbocycles. The van der Waals surface area contributed by atoms with E-state index < -0.39 is 6.04 Å². The summed E-state index contributed by atoms with van der Waals surface area (Å²) in [6.07, 6.45) is 4.15. The Kier molecular flexibility index (Phi) is 7.81. The highest BCUT2D eigenvalue weighted by Gasteiger charge is 2.23. The number of nitrogens with one attached hydrogen (secondary N) is 2. The van der Waals surface area contributed by atoms with Crippen molar-refractivity contribution >= 4 is 5.91 Å². The lowest BCUT2D eigenvalue weighted by molar-refractivity contribution is -0.124. The van der Waals surface area contributed by atoms with Crippen LogP contribution in [0.2, 0.25) is 0 Å². The van der Waals surface area contributed by atoms with Crippen molar-refractivity contribution in [1.29, 1.82) is 5.26 Å². The van der Waals surface area contributed by atoms with Gasteiger partial charge < -0.3 is 15.4 Å². The van der Waals surface area contributed by atoms with Gasteiger partial charge in [-0.1, -0.05) is 43.7 Å². The highest BCUT2D eigenvalue weighted by molar-refractivity contribution is 5.82. The van der Waals surface area contributed by atoms with Gasteiger partial charge in [0.05, 0.1) is 18.7 Å². The Labute approximate surface area is 177 Å². The molecule has 2 N–H and O–H groups in total. The molecule has 2 atom stereocenters. The molecule has 1 aliphatic heterocycles. The molecule has 0 spiro atoms. The fourth-order valence-corrected chi connectivity index (χ4v) is 3.56. The lowest BCUT2D eigenvalue weighted by Crippen LogP contribution is -2.49. The van der Waals surface area contributed by atoms with E-state index in [1.165, 1.54) is 6.07 Å². The van der Waals surface area contributed by atoms with Crippen molar-refractivity contribution in [3.8, 4) is 22.9 Å². The number of benzene rings is 2. The monoisotopic (exact) mass is 409 g/mol. The summed E-state index contributed by atoms with van der Waals surface area (Å²) < 4.78 is 19.6. The number of hydrogen-bond donors (Lipinski definition) is 2. The first-order valence-corrected chi connectivity index (χ1v) is 10.6. The number of hydrogen-bond acceptors (Lipinski definition) is 4. The lowest BCUT2D eigenvalue weighted by atomic mass is 10.00. The van der Waals surface area contributed by atoms with E-state index >= 15 is 0 Å². The first-order chi connectivity index (χ1) is 14.6. The molecular formula is C24H28FN3O2. The fourth-order valence-electron chi connectivity index (χ4n) is 3.56. The van der Waals surface area contributed by atoms with E-state index in [1.54, 1.807) is 6.07 Å². The van der Waals surface area contributed by atoms with Gasteiger partial charge in [-0.2, -0.15) is 5.26 Å². The van der Waals surface area contributed by atoms with Crippen molar-refractivity contribution in [3.63, 3.8) is 0 Å². The van der Waals surface area contributed by atoms with Crippen LogP contribution in [-0.2, 0) is 11.2 Å². The molecule has 0 bridgehead atoms. The number of halogens is 1. The summed E-state index contributed by atoms with van der Waals surface area (Å²) in [5, 5.41) is 15.5. The molecule has 1 fully saturated rings. The molecule has 1 amide bonds. The second kappa shape index (κ2) is 10.7. The summed E-state index contributed by atoms with van der Waals surface area (Å²) in [4.78, 5) is 12.4. The highest BCUT2D eigenvalue weighted by atomic mass is 19.1. The molecule has 3 rings (SSSR count). The number of amides is 1. The Hall–Kier alpha value is -2.91. The van der Waals surface area contributed by atoms with Gasteiger partial charge in [0.2, 0.25) is 5.91 Å². The SMILES string of the molecule is CCCOc1ccc(-c2ccc(C[C@@H](C#N)NC(=O)[C@@H]3CCCCN3)cc2)cc1F. The predicted molar refractivity (Wildman–Crippen MR) is 115 cm³/mol. The second-order valence-corrected chi connectivity index (χ2v) is 7.59. The number of nitriles is 1. The summed E-state index contributed by atoms with van der Waals surface area (Å²) in [6.45, 7) is 3.30. The van der Waals surface area contributed by atoms with Crippen molar-refractivity contribution in [1.82, 2.24) is 10.6 Å². The van der Waals surface area contributed by atoms with Crippen molar-refractivity contribution in [2.45, 2.75) is 51.1 Å². The quantitative estimate of drug-likeness (QED) is 0.692. The van der Waals surface area contributed by atoms with Gasteiger partial charge in [-0.25, -0.2) is 4.39 Å². The van der Waals surface area contributed by atoms with Gasteiger partial charge >= 0.3 is 0 Å². The highest BCUT2D eigenvalue weighted by Crippen LogP contribution is 2.26. The van der Waals surface area contributed by atoms with Crippen LogP contribution in [0, 0.1) is 17.1 Å². The Bertz CT molecular complexity index is 886. The topological polar surface area (TPSA) is 74.1 Å². The maximum absolute atomic E-state index is 14.2. The molecule has 1 saturated heterocycles. The Morgan fingerprint density at radius 1 is 1.27 bits per heavy atom. The van der Waals surface area contributed by atoms with Crippen LogP contribution < -0.4 is 15.4 Å². The zero-order valence-corrected chi connectivity index (χ0v) is 17.3. The van der Waals surface area contributed by atoms with Crippen LogP contribution in [0.3, 0.4) is 0 Å². The Morgan fingerprint density at radius 2 is 2.03 bits per heavy atom. The molecule has 0 saturated carbocycles. The third kappa shape index (κ3) is 5.80. The van der Waals surface area contributed by atoms with E-state index in [9.17, 15) is 14.4 Å². The molecule has 30 heavy (non-hydrogen) atoms. The average molecular weight is 410 g/mol. The van der Waals surface area contributed by atoms with Gasteiger partial charge in [0, 0.05) is 6.42 Å². The van der Waals surface area contributed by atoms with E-state index in [0.29, 0.717) is 13.0 Å². The minimum atomic E-state index is -0.584. The van der Waals surface area contributed by atoms with Crippen molar-refractivity contribution in [3.05, 3.63) is 53.8 Å². The zero-order valence-electron chi connectivity index (χ0n) is 17.3. The first kappa shape index (κ1) is 21.8. The maximum atomic E-state index is 14.2. The van der Waals surface area contributed by atoms with E-state index in [-0.39, 0.29) is 23.5 Å². The molecule has 6 heteroatoms. The molecule has 2 aromatic rings. The molecule has 1 heterocycles. The first-order valence-electron chi connectivity index (χ1n) is 10.6. The second-order valence-electron chi connectivity index (χ2n) is 7.59. The number of carbonyl (C=O) groups is 1. The lowest BCUT2D eigenvalue weighted by Gasteiger charge is -2.23. The van der Waals surface area contributed by atoms with Gasteiger partial charge in [-0.3, -0.25) is 4.79 Å². The molecule has 158 valence electrons. The maximum Gasteiger partial charge on any atom is 0.238 e. The van der Waals surface area contributed by atoms with Crippen molar-refractivity contribution in [2.75, 3.05) is 13.2 Å². The molecule has 0 aromatic heterocycles. The summed E-state index contributed by atoms with van der Waals surface area (Å²) in [6, 6.07) is 13.9. The van der Waals surface area contributed by atoms with Crippen LogP contribution in [-0.4, -0.2) is 31.1 Å². The molecule has 0 unspecified atom stereocenters. The standard InChI is InChI=1S/C24H28FN3O2/c1-2-13-30-23-11-10-19(15-21(23)25)18-8-6-17(7-9-18)14-20(16-26)28-24(29)22-5-3-4-12-27-22/h6-11,15,20,22,27H,2-5,12-14H2,1H3,(H,28,29)/t20-,22-/m0/s1. The van der Waals surface area contributed by atoms with Gasteiger partial charge in [-0.05, 0) is 54.6 Å². The number of piperidine rings is 1. The van der Waals surface area contributed by atoms with E-state index in [2.05, 4.69) is 16.7 Å². The normalized spacial score (nSPS) is 17.0. The van der Waals surface area contributed by atoms with E-state index in [0.717, 1.165) is 48.9 Å². The van der Waals surface area contributed by atoms with Crippen LogP contribution in [0.5, 0.6) is 5.75 Å². The third-order valence-electron chi connectivity index (χ3n) is 5.22. The number of carbonyl (C=O) groups excluding carboxylic acids is 1. The van der Waals surface area contributed by atoms with Gasteiger partial charge in [0.25, 0.3) is 0 Å². The fraction of sp³-hybridized carbons (Fsp3) is 0.417. The molecular weight excluding hydrogens is 381 g/mol. The summed E-state index contributed by atoms with van der Waals surface area (Å²) in [5.41, 5.74) is 2.57. The number of ether oxygens (including phenoxy) is 1. The minimum Gasteiger partial charge on any atom is -0.491 e. The molecule has 0 radical (unpaired) electrons. The zero-order chi connectivity index (χ0) is 21.3. The van der Waals surface area contributed by atoms with Crippen LogP contribution in [0.1, 0.15) is 38.2 Å². The van der Waals surface area contributed by atoms with E-state index in [4.69, 9.17) is 4.74 Å². The molecule has 5 nitrogen and oxygen atoms in total. The summed E-state index contributed by atoms with van der Waals surface area (Å²) in [5.74, 6) is -0.232. The largest absolute Gasteiger partial charge is 0.491 e. The van der Waals surface area contributed by atoms with Gasteiger partial charge in [0.1, 0.15) is 6.04 Å². The van der Waals surface area contributed by atoms with Crippen LogP contribution >= 0.6 is 0 Å². The van der Waals surface area contributed by atoms with Crippen molar-refractivity contribution in [2.24, 2.45) is 0 Å². The predicted octanol–water partition coefficient (Wildman–Crippen LogP) is 3.97. The average Bonchev–Trinajstić information content (AvgIpc) is 2.78. The van der Waals surface area contributed by atoms with Crippen LogP contribution in [0.15, 0.2) is 42.5 Å². The molecule has 0 aliphatic carbocycles. The smallest absolute Gasteiger partial charge is 0.238 e. The minimum absolute atomic E-state index is 0.112. The van der Waals surface area contributed by atoms with Crippen molar-refractivity contribution < 1.29 is 13.9 Å². The van der Waals surface area contributed by atoms with E-state index in [1.807, 2.05) is 37.3 Å². The van der Waals surface area contributed by atoms with Gasteiger partial charge in [-0.15, -0.1) is 0 Å². The van der Waals surface area contributed by atoms with Crippen LogP contribution in [0.4, 0.5) is 4.39 Å². The third-order valence-corrected chi connectivity index (χ3v) is 5.22. The summed E-state index contributed by atoms with van der Waals surface area (Å²) in [7, 11) is 0. The van der Waals surface area contributed by atoms with Crippen LogP contribution in [0.25, 0.3) is 11.1 Å². The van der Waals surface area contributed by atoms with Gasteiger partial charge in [0.15, 0.2) is 11.6 Å². The number of nitrogens with zero attached hydrogens (tertiary/aromatic N) is 1. The number of rotatable bonds is 8. The Morgan fingerprint density at radius 3 is 2.67 bits per heavy atom. The Balaban J connectivity index is 1.61. The molecule has 1 aliphatic rings.